The summed E-state index contributed by atoms with van der Waals surface area (Å²) < 4.78 is 15.7. The van der Waals surface area contributed by atoms with Gasteiger partial charge in [0, 0.05) is 25.1 Å². The van der Waals surface area contributed by atoms with E-state index in [1.54, 1.807) is 11.1 Å². The van der Waals surface area contributed by atoms with Crippen molar-refractivity contribution in [1.82, 2.24) is 14.7 Å². The SMILES string of the molecule is O=C(Nc1cnn(C2CCC2)c1)N1CC2(F)CC1C2. The largest absolute Gasteiger partial charge is 0.322 e. The molecule has 1 N–H and O–H groups in total. The molecule has 4 aliphatic rings. The zero-order chi connectivity index (χ0) is 13.0. The number of urea groups is 1. The third kappa shape index (κ3) is 1.73. The monoisotopic (exact) mass is 264 g/mol. The first-order valence-electron chi connectivity index (χ1n) is 6.94. The Labute approximate surface area is 110 Å². The van der Waals surface area contributed by atoms with Gasteiger partial charge in [0.25, 0.3) is 0 Å². The molecule has 1 aromatic rings. The maximum atomic E-state index is 13.8. The molecule has 4 fully saturated rings. The Morgan fingerprint density at radius 1 is 1.42 bits per heavy atom. The molecule has 2 amide bonds. The molecule has 2 saturated carbocycles. The second kappa shape index (κ2) is 3.71. The maximum absolute atomic E-state index is 13.8. The third-order valence-electron chi connectivity index (χ3n) is 4.66. The molecule has 2 aliphatic heterocycles. The van der Waals surface area contributed by atoms with Crippen LogP contribution >= 0.6 is 0 Å². The molecule has 102 valence electrons. The molecule has 5 nitrogen and oxygen atoms in total. The minimum atomic E-state index is -1.11. The van der Waals surface area contributed by atoms with E-state index in [0.717, 1.165) is 12.8 Å². The summed E-state index contributed by atoms with van der Waals surface area (Å²) in [6.07, 6.45) is 8.11. The van der Waals surface area contributed by atoms with Gasteiger partial charge in [0.15, 0.2) is 0 Å². The Hall–Kier alpha value is -1.59. The average Bonchev–Trinajstić information content (AvgIpc) is 2.88. The second-order valence-corrected chi connectivity index (χ2v) is 6.06. The highest BCUT2D eigenvalue weighted by Gasteiger charge is 2.57. The third-order valence-corrected chi connectivity index (χ3v) is 4.66. The molecular weight excluding hydrogens is 247 g/mol. The highest BCUT2D eigenvalue weighted by Crippen LogP contribution is 2.47. The number of rotatable bonds is 2. The highest BCUT2D eigenvalue weighted by molar-refractivity contribution is 5.89. The van der Waals surface area contributed by atoms with Gasteiger partial charge in [-0.25, -0.2) is 9.18 Å². The van der Waals surface area contributed by atoms with Gasteiger partial charge in [-0.2, -0.15) is 5.10 Å². The zero-order valence-corrected chi connectivity index (χ0v) is 10.7. The number of anilines is 1. The molecule has 3 heterocycles. The summed E-state index contributed by atoms with van der Waals surface area (Å²) in [4.78, 5) is 13.7. The molecule has 1 aromatic heterocycles. The minimum Gasteiger partial charge on any atom is -0.318 e. The van der Waals surface area contributed by atoms with Crippen LogP contribution in [0, 0.1) is 0 Å². The van der Waals surface area contributed by atoms with Crippen molar-refractivity contribution in [2.45, 2.75) is 49.9 Å². The van der Waals surface area contributed by atoms with Crippen molar-refractivity contribution in [3.05, 3.63) is 12.4 Å². The van der Waals surface area contributed by atoms with Gasteiger partial charge in [0.1, 0.15) is 5.67 Å². The molecular formula is C13H17FN4O. The number of nitrogens with zero attached hydrogens (tertiary/aromatic N) is 3. The molecule has 0 atom stereocenters. The van der Waals surface area contributed by atoms with Crippen LogP contribution in [0.1, 0.15) is 38.1 Å². The lowest BCUT2D eigenvalue weighted by atomic mass is 9.83. The van der Waals surface area contributed by atoms with E-state index in [0.29, 0.717) is 24.6 Å². The standard InChI is InChI=1S/C13H17FN4O/c14-13-4-11(5-13)17(8-13)12(19)16-9-6-15-18(7-9)10-2-1-3-10/h6-7,10-11H,1-5,8H2,(H,16,19). The molecule has 0 radical (unpaired) electrons. The van der Waals surface area contributed by atoms with E-state index in [4.69, 9.17) is 0 Å². The summed E-state index contributed by atoms with van der Waals surface area (Å²) in [7, 11) is 0. The summed E-state index contributed by atoms with van der Waals surface area (Å²) >= 11 is 0. The molecule has 0 spiro atoms. The van der Waals surface area contributed by atoms with Crippen LogP contribution in [-0.2, 0) is 0 Å². The van der Waals surface area contributed by atoms with Crippen molar-refractivity contribution in [2.75, 3.05) is 11.9 Å². The fourth-order valence-corrected chi connectivity index (χ4v) is 3.26. The van der Waals surface area contributed by atoms with Crippen LogP contribution in [0.15, 0.2) is 12.4 Å². The van der Waals surface area contributed by atoms with Gasteiger partial charge in [-0.05, 0) is 19.3 Å². The molecule has 2 saturated heterocycles. The fourth-order valence-electron chi connectivity index (χ4n) is 3.26. The number of fused-ring (bicyclic) bond motifs is 1. The van der Waals surface area contributed by atoms with E-state index in [9.17, 15) is 9.18 Å². The van der Waals surface area contributed by atoms with E-state index in [1.807, 2.05) is 10.9 Å². The van der Waals surface area contributed by atoms with E-state index in [-0.39, 0.29) is 18.6 Å². The van der Waals surface area contributed by atoms with Gasteiger partial charge in [-0.1, -0.05) is 0 Å². The van der Waals surface area contributed by atoms with Crippen molar-refractivity contribution in [1.29, 1.82) is 0 Å². The van der Waals surface area contributed by atoms with Gasteiger partial charge in [-0.3, -0.25) is 4.68 Å². The number of amides is 2. The number of hydrogen-bond acceptors (Lipinski definition) is 2. The van der Waals surface area contributed by atoms with Crippen LogP contribution in [0.3, 0.4) is 0 Å². The number of carbonyl (C=O) groups excluding carboxylic acids is 1. The number of nitrogens with one attached hydrogen (secondary N) is 1. The van der Waals surface area contributed by atoms with Gasteiger partial charge < -0.3 is 10.2 Å². The van der Waals surface area contributed by atoms with Gasteiger partial charge in [-0.15, -0.1) is 0 Å². The number of aromatic nitrogens is 2. The first-order chi connectivity index (χ1) is 9.13. The van der Waals surface area contributed by atoms with E-state index in [2.05, 4.69) is 10.4 Å². The molecule has 5 rings (SSSR count). The van der Waals surface area contributed by atoms with E-state index >= 15 is 0 Å². The van der Waals surface area contributed by atoms with Crippen molar-refractivity contribution in [2.24, 2.45) is 0 Å². The van der Waals surface area contributed by atoms with Crippen LogP contribution in [0.25, 0.3) is 0 Å². The molecule has 2 aliphatic carbocycles. The van der Waals surface area contributed by atoms with Crippen LogP contribution < -0.4 is 5.32 Å². The normalized spacial score (nSPS) is 32.9. The first kappa shape index (κ1) is 11.3. The minimum absolute atomic E-state index is 0.0895. The topological polar surface area (TPSA) is 50.2 Å². The predicted molar refractivity (Wildman–Crippen MR) is 67.7 cm³/mol. The number of hydrogen-bond donors (Lipinski definition) is 1. The number of alkyl halides is 1. The van der Waals surface area contributed by atoms with Crippen molar-refractivity contribution in [3.63, 3.8) is 0 Å². The van der Waals surface area contributed by atoms with Gasteiger partial charge in [0.05, 0.1) is 24.5 Å². The molecule has 6 heteroatoms. The Kier molecular flexibility index (Phi) is 2.20. The van der Waals surface area contributed by atoms with Crippen molar-refractivity contribution < 1.29 is 9.18 Å². The molecule has 2 bridgehead atoms. The molecule has 0 unspecified atom stereocenters. The van der Waals surface area contributed by atoms with Crippen LogP contribution in [0.5, 0.6) is 0 Å². The smallest absolute Gasteiger partial charge is 0.318 e. The second-order valence-electron chi connectivity index (χ2n) is 6.06. The Bertz CT molecular complexity index is 518. The van der Waals surface area contributed by atoms with Crippen LogP contribution in [0.2, 0.25) is 0 Å². The average molecular weight is 264 g/mol. The van der Waals surface area contributed by atoms with Crippen molar-refractivity contribution in [3.8, 4) is 0 Å². The predicted octanol–water partition coefficient (Wildman–Crippen LogP) is 2.33. The Morgan fingerprint density at radius 3 is 2.79 bits per heavy atom. The lowest BCUT2D eigenvalue weighted by Crippen LogP contribution is -2.39. The van der Waals surface area contributed by atoms with E-state index < -0.39 is 5.67 Å². The van der Waals surface area contributed by atoms with Crippen LogP contribution in [0.4, 0.5) is 14.9 Å². The highest BCUT2D eigenvalue weighted by atomic mass is 19.1. The summed E-state index contributed by atoms with van der Waals surface area (Å²) in [6.45, 7) is 0.236. The number of carbonyl (C=O) groups is 1. The quantitative estimate of drug-likeness (QED) is 0.891. The zero-order valence-electron chi connectivity index (χ0n) is 10.7. The summed E-state index contributed by atoms with van der Waals surface area (Å²) in [5.74, 6) is 0. The summed E-state index contributed by atoms with van der Waals surface area (Å²) in [5, 5.41) is 7.09. The fraction of sp³-hybridized carbons (Fsp3) is 0.692. The summed E-state index contributed by atoms with van der Waals surface area (Å²) in [5.41, 5.74) is -0.410. The van der Waals surface area contributed by atoms with E-state index in [1.165, 1.54) is 6.42 Å². The Balaban J connectivity index is 1.41. The van der Waals surface area contributed by atoms with Crippen molar-refractivity contribution >= 4 is 11.7 Å². The molecule has 0 aromatic carbocycles. The summed E-state index contributed by atoms with van der Waals surface area (Å²) in [6, 6.07) is 0.376. The number of halogens is 1. The lowest BCUT2D eigenvalue weighted by molar-refractivity contribution is 0.110. The van der Waals surface area contributed by atoms with Gasteiger partial charge >= 0.3 is 6.03 Å². The Morgan fingerprint density at radius 2 is 2.21 bits per heavy atom. The van der Waals surface area contributed by atoms with Gasteiger partial charge in [0.2, 0.25) is 0 Å². The maximum Gasteiger partial charge on any atom is 0.322 e. The van der Waals surface area contributed by atoms with Crippen LogP contribution in [-0.4, -0.2) is 39.0 Å². The molecule has 19 heavy (non-hydrogen) atoms. The first-order valence-corrected chi connectivity index (χ1v) is 6.94. The lowest BCUT2D eigenvalue weighted by Gasteiger charge is -2.29.